The van der Waals surface area contributed by atoms with Crippen LogP contribution in [-0.2, 0) is 0 Å². The molecule has 2 atom stereocenters. The molecule has 1 aromatic rings. The van der Waals surface area contributed by atoms with E-state index in [0.717, 1.165) is 18.7 Å². The molecular formula is C15H23FN2. The van der Waals surface area contributed by atoms with Crippen molar-refractivity contribution in [1.82, 2.24) is 10.2 Å². The van der Waals surface area contributed by atoms with Crippen molar-refractivity contribution in [3.05, 3.63) is 35.6 Å². The maximum atomic E-state index is 13.9. The van der Waals surface area contributed by atoms with Crippen LogP contribution in [0.15, 0.2) is 24.3 Å². The van der Waals surface area contributed by atoms with Gasteiger partial charge < -0.3 is 5.32 Å². The lowest BCUT2D eigenvalue weighted by Gasteiger charge is -2.46. The second-order valence-electron chi connectivity index (χ2n) is 5.98. The van der Waals surface area contributed by atoms with Crippen LogP contribution >= 0.6 is 0 Å². The summed E-state index contributed by atoms with van der Waals surface area (Å²) in [5.41, 5.74) is 0.883. The van der Waals surface area contributed by atoms with E-state index in [9.17, 15) is 4.39 Å². The zero-order valence-electron chi connectivity index (χ0n) is 11.7. The number of hydrogen-bond donors (Lipinski definition) is 1. The molecule has 0 radical (unpaired) electrons. The fourth-order valence-electron chi connectivity index (χ4n) is 2.72. The highest BCUT2D eigenvalue weighted by molar-refractivity contribution is 5.21. The first-order valence-electron chi connectivity index (χ1n) is 6.66. The van der Waals surface area contributed by atoms with Crippen LogP contribution in [0.3, 0.4) is 0 Å². The molecule has 0 amide bonds. The molecule has 1 saturated heterocycles. The van der Waals surface area contributed by atoms with Crippen LogP contribution in [0.25, 0.3) is 0 Å². The number of halogens is 1. The second-order valence-corrected chi connectivity index (χ2v) is 5.98. The Morgan fingerprint density at radius 2 is 2.06 bits per heavy atom. The van der Waals surface area contributed by atoms with Crippen molar-refractivity contribution in [1.29, 1.82) is 0 Å². The minimum Gasteiger partial charge on any atom is -0.309 e. The molecule has 2 nitrogen and oxygen atoms in total. The summed E-state index contributed by atoms with van der Waals surface area (Å²) in [7, 11) is 0. The smallest absolute Gasteiger partial charge is 0.127 e. The summed E-state index contributed by atoms with van der Waals surface area (Å²) in [5, 5.41) is 3.52. The Bertz CT molecular complexity index is 417. The van der Waals surface area contributed by atoms with E-state index < -0.39 is 0 Å². The predicted molar refractivity (Wildman–Crippen MR) is 73.1 cm³/mol. The zero-order chi connectivity index (χ0) is 13.3. The van der Waals surface area contributed by atoms with Gasteiger partial charge in [0.1, 0.15) is 5.82 Å². The second kappa shape index (κ2) is 4.98. The van der Waals surface area contributed by atoms with Crippen LogP contribution in [-0.4, -0.2) is 29.6 Å². The number of benzene rings is 1. The molecule has 1 aliphatic heterocycles. The lowest BCUT2D eigenvalue weighted by atomic mass is 9.95. The van der Waals surface area contributed by atoms with Crippen LogP contribution in [0.4, 0.5) is 4.39 Å². The summed E-state index contributed by atoms with van der Waals surface area (Å²) in [5.74, 6) is -0.103. The third kappa shape index (κ3) is 2.73. The summed E-state index contributed by atoms with van der Waals surface area (Å²) in [4.78, 5) is 2.38. The summed E-state index contributed by atoms with van der Waals surface area (Å²) in [6, 6.07) is 7.63. The third-order valence-electron chi connectivity index (χ3n) is 3.87. The Morgan fingerprint density at radius 1 is 1.39 bits per heavy atom. The van der Waals surface area contributed by atoms with Crippen LogP contribution in [0.2, 0.25) is 0 Å². The van der Waals surface area contributed by atoms with Crippen molar-refractivity contribution >= 4 is 0 Å². The highest BCUT2D eigenvalue weighted by Gasteiger charge is 2.33. The number of piperazine rings is 1. The molecule has 1 heterocycles. The van der Waals surface area contributed by atoms with E-state index in [1.807, 2.05) is 12.1 Å². The van der Waals surface area contributed by atoms with Gasteiger partial charge in [0.15, 0.2) is 0 Å². The van der Waals surface area contributed by atoms with Crippen molar-refractivity contribution < 1.29 is 4.39 Å². The minimum absolute atomic E-state index is 0.0893. The van der Waals surface area contributed by atoms with Gasteiger partial charge in [0, 0.05) is 36.3 Å². The molecule has 1 N–H and O–H groups in total. The molecule has 0 aromatic heterocycles. The van der Waals surface area contributed by atoms with Gasteiger partial charge in [-0.2, -0.15) is 0 Å². The molecule has 18 heavy (non-hydrogen) atoms. The molecule has 1 fully saturated rings. The standard InChI is InChI=1S/C15H23FN2/c1-11-9-17-15(3,4)10-18(11)12(2)13-7-5-6-8-14(13)16/h5-8,11-12,17H,9-10H2,1-4H3. The molecule has 100 valence electrons. The fourth-order valence-corrected chi connectivity index (χ4v) is 2.72. The number of nitrogens with zero attached hydrogens (tertiary/aromatic N) is 1. The summed E-state index contributed by atoms with van der Waals surface area (Å²) < 4.78 is 13.9. The third-order valence-corrected chi connectivity index (χ3v) is 3.87. The Balaban J connectivity index is 2.22. The van der Waals surface area contributed by atoms with E-state index >= 15 is 0 Å². The number of hydrogen-bond acceptors (Lipinski definition) is 2. The lowest BCUT2D eigenvalue weighted by Crippen LogP contribution is -2.61. The van der Waals surface area contributed by atoms with Crippen molar-refractivity contribution in [2.24, 2.45) is 0 Å². The summed E-state index contributed by atoms with van der Waals surface area (Å²) in [6.45, 7) is 10.6. The molecule has 0 aliphatic carbocycles. The average Bonchev–Trinajstić information content (AvgIpc) is 2.32. The highest BCUT2D eigenvalue weighted by atomic mass is 19.1. The average molecular weight is 250 g/mol. The van der Waals surface area contributed by atoms with E-state index in [1.165, 1.54) is 0 Å². The van der Waals surface area contributed by atoms with Crippen molar-refractivity contribution in [2.75, 3.05) is 13.1 Å². The van der Waals surface area contributed by atoms with Crippen LogP contribution in [0.1, 0.15) is 39.3 Å². The lowest BCUT2D eigenvalue weighted by molar-refractivity contribution is 0.0675. The monoisotopic (exact) mass is 250 g/mol. The van der Waals surface area contributed by atoms with E-state index in [2.05, 4.69) is 37.9 Å². The first-order valence-corrected chi connectivity index (χ1v) is 6.66. The summed E-state index contributed by atoms with van der Waals surface area (Å²) >= 11 is 0. The van der Waals surface area contributed by atoms with Crippen LogP contribution < -0.4 is 5.32 Å². The quantitative estimate of drug-likeness (QED) is 0.868. The Hall–Kier alpha value is -0.930. The van der Waals surface area contributed by atoms with Crippen LogP contribution in [0, 0.1) is 5.82 Å². The highest BCUT2D eigenvalue weighted by Crippen LogP contribution is 2.28. The zero-order valence-corrected chi connectivity index (χ0v) is 11.7. The van der Waals surface area contributed by atoms with E-state index in [1.54, 1.807) is 12.1 Å². The Kier molecular flexibility index (Phi) is 3.74. The molecular weight excluding hydrogens is 227 g/mol. The van der Waals surface area contributed by atoms with Gasteiger partial charge in [-0.15, -0.1) is 0 Å². The van der Waals surface area contributed by atoms with Gasteiger partial charge in [0.2, 0.25) is 0 Å². The SMILES string of the molecule is CC1CNC(C)(C)CN1C(C)c1ccccc1F. The molecule has 2 rings (SSSR count). The molecule has 3 heteroatoms. The first-order chi connectivity index (χ1) is 8.41. The van der Waals surface area contributed by atoms with Gasteiger partial charge in [0.05, 0.1) is 0 Å². The maximum absolute atomic E-state index is 13.9. The Morgan fingerprint density at radius 3 is 2.72 bits per heavy atom. The molecule has 0 bridgehead atoms. The normalized spacial score (nSPS) is 25.9. The van der Waals surface area contributed by atoms with E-state index in [-0.39, 0.29) is 17.4 Å². The van der Waals surface area contributed by atoms with Gasteiger partial charge in [-0.25, -0.2) is 4.39 Å². The number of rotatable bonds is 2. The fraction of sp³-hybridized carbons (Fsp3) is 0.600. The van der Waals surface area contributed by atoms with Gasteiger partial charge in [0.25, 0.3) is 0 Å². The first kappa shape index (κ1) is 13.5. The predicted octanol–water partition coefficient (Wildman–Crippen LogP) is 2.96. The molecule has 1 aromatic carbocycles. The Labute approximate surface area is 109 Å². The minimum atomic E-state index is -0.103. The summed E-state index contributed by atoms with van der Waals surface area (Å²) in [6.07, 6.45) is 0. The maximum Gasteiger partial charge on any atom is 0.127 e. The van der Waals surface area contributed by atoms with Gasteiger partial charge >= 0.3 is 0 Å². The van der Waals surface area contributed by atoms with Crippen molar-refractivity contribution in [3.8, 4) is 0 Å². The molecule has 2 unspecified atom stereocenters. The van der Waals surface area contributed by atoms with Gasteiger partial charge in [-0.1, -0.05) is 18.2 Å². The van der Waals surface area contributed by atoms with E-state index in [4.69, 9.17) is 0 Å². The van der Waals surface area contributed by atoms with E-state index in [0.29, 0.717) is 6.04 Å². The van der Waals surface area contributed by atoms with Gasteiger partial charge in [-0.05, 0) is 33.8 Å². The van der Waals surface area contributed by atoms with Gasteiger partial charge in [-0.3, -0.25) is 4.90 Å². The number of nitrogens with one attached hydrogen (secondary N) is 1. The van der Waals surface area contributed by atoms with Crippen molar-refractivity contribution in [2.45, 2.75) is 45.3 Å². The molecule has 0 saturated carbocycles. The molecule has 1 aliphatic rings. The largest absolute Gasteiger partial charge is 0.309 e. The van der Waals surface area contributed by atoms with Crippen LogP contribution in [0.5, 0.6) is 0 Å². The topological polar surface area (TPSA) is 15.3 Å². The van der Waals surface area contributed by atoms with Crippen molar-refractivity contribution in [3.63, 3.8) is 0 Å². The molecule has 0 spiro atoms.